The summed E-state index contributed by atoms with van der Waals surface area (Å²) in [5.74, 6) is 0.123. The molecule has 0 radical (unpaired) electrons. The Balaban J connectivity index is 1.92. The van der Waals surface area contributed by atoms with Crippen molar-refractivity contribution in [2.75, 3.05) is 39.4 Å². The van der Waals surface area contributed by atoms with Gasteiger partial charge in [-0.15, -0.1) is 0 Å². The third-order valence-electron chi connectivity index (χ3n) is 5.21. The number of amides is 3. The number of carbonyl (C=O) groups is 3. The molecule has 1 spiro atoms. The predicted molar refractivity (Wildman–Crippen MR) is 93.5 cm³/mol. The number of primary amides is 1. The molecule has 2 heterocycles. The summed E-state index contributed by atoms with van der Waals surface area (Å²) in [7, 11) is 0. The lowest BCUT2D eigenvalue weighted by Gasteiger charge is -2.48. The van der Waals surface area contributed by atoms with Crippen LogP contribution in [-0.4, -0.2) is 66.9 Å². The fourth-order valence-electron chi connectivity index (χ4n) is 3.80. The van der Waals surface area contributed by atoms with E-state index in [0.717, 1.165) is 38.8 Å². The highest BCUT2D eigenvalue weighted by molar-refractivity contribution is 5.79. The molecule has 0 aromatic heterocycles. The van der Waals surface area contributed by atoms with E-state index in [-0.39, 0.29) is 30.4 Å². The lowest BCUT2D eigenvalue weighted by Crippen LogP contribution is -2.55. The second-order valence-electron chi connectivity index (χ2n) is 7.88. The molecule has 0 aliphatic carbocycles. The van der Waals surface area contributed by atoms with Gasteiger partial charge in [0.15, 0.2) is 0 Å². The Morgan fingerprint density at radius 2 is 2.00 bits per heavy atom. The smallest absolute Gasteiger partial charge is 0.248 e. The molecule has 7 heteroatoms. The quantitative estimate of drug-likeness (QED) is 0.731. The van der Waals surface area contributed by atoms with Gasteiger partial charge in [-0.25, -0.2) is 0 Å². The SMILES string of the molecule is CC(C)CCN1C[C@@]2(CCCN(C(=O)COCC(N)=O)C2)CCC1=O. The van der Waals surface area contributed by atoms with Gasteiger partial charge in [0, 0.05) is 38.0 Å². The zero-order chi connectivity index (χ0) is 18.4. The summed E-state index contributed by atoms with van der Waals surface area (Å²) in [5.41, 5.74) is 5.02. The van der Waals surface area contributed by atoms with Crippen LogP contribution in [0.2, 0.25) is 0 Å². The van der Waals surface area contributed by atoms with E-state index in [9.17, 15) is 14.4 Å². The van der Waals surface area contributed by atoms with Gasteiger partial charge in [-0.1, -0.05) is 13.8 Å². The van der Waals surface area contributed by atoms with E-state index in [0.29, 0.717) is 25.4 Å². The minimum absolute atomic E-state index is 0.00247. The van der Waals surface area contributed by atoms with Gasteiger partial charge in [0.05, 0.1) is 0 Å². The Bertz CT molecular complexity index is 509. The average Bonchev–Trinajstić information content (AvgIpc) is 2.55. The van der Waals surface area contributed by atoms with Crippen molar-refractivity contribution < 1.29 is 19.1 Å². The molecule has 0 bridgehead atoms. The highest BCUT2D eigenvalue weighted by atomic mass is 16.5. The molecule has 2 aliphatic rings. The molecule has 2 fully saturated rings. The highest BCUT2D eigenvalue weighted by Gasteiger charge is 2.42. The van der Waals surface area contributed by atoms with Crippen LogP contribution in [0.5, 0.6) is 0 Å². The van der Waals surface area contributed by atoms with Gasteiger partial charge in [0.25, 0.3) is 0 Å². The van der Waals surface area contributed by atoms with E-state index >= 15 is 0 Å². The molecule has 2 N–H and O–H groups in total. The van der Waals surface area contributed by atoms with Crippen molar-refractivity contribution in [2.45, 2.75) is 46.0 Å². The minimum Gasteiger partial charge on any atom is -0.368 e. The van der Waals surface area contributed by atoms with E-state index < -0.39 is 5.91 Å². The summed E-state index contributed by atoms with van der Waals surface area (Å²) in [6.45, 7) is 6.89. The normalized spacial score (nSPS) is 24.2. The molecule has 0 saturated carbocycles. The molecule has 2 saturated heterocycles. The molecule has 0 aromatic carbocycles. The monoisotopic (exact) mass is 353 g/mol. The molecule has 0 aromatic rings. The maximum absolute atomic E-state index is 12.3. The molecule has 2 rings (SSSR count). The van der Waals surface area contributed by atoms with Gasteiger partial charge in [-0.3, -0.25) is 14.4 Å². The number of hydrogen-bond acceptors (Lipinski definition) is 4. The van der Waals surface area contributed by atoms with Gasteiger partial charge in [-0.2, -0.15) is 0 Å². The Morgan fingerprint density at radius 1 is 1.24 bits per heavy atom. The number of nitrogens with two attached hydrogens (primary N) is 1. The van der Waals surface area contributed by atoms with E-state index in [1.807, 2.05) is 9.80 Å². The first-order chi connectivity index (χ1) is 11.8. The van der Waals surface area contributed by atoms with E-state index in [1.54, 1.807) is 0 Å². The van der Waals surface area contributed by atoms with E-state index in [2.05, 4.69) is 13.8 Å². The summed E-state index contributed by atoms with van der Waals surface area (Å²) >= 11 is 0. The van der Waals surface area contributed by atoms with Crippen LogP contribution in [0, 0.1) is 11.3 Å². The molecule has 0 unspecified atom stereocenters. The molecular weight excluding hydrogens is 322 g/mol. The fourth-order valence-corrected chi connectivity index (χ4v) is 3.80. The Morgan fingerprint density at radius 3 is 2.68 bits per heavy atom. The van der Waals surface area contributed by atoms with Gasteiger partial charge in [-0.05, 0) is 31.6 Å². The summed E-state index contributed by atoms with van der Waals surface area (Å²) in [4.78, 5) is 39.1. The van der Waals surface area contributed by atoms with Crippen LogP contribution in [0.25, 0.3) is 0 Å². The topological polar surface area (TPSA) is 92.9 Å². The first kappa shape index (κ1) is 19.7. The number of nitrogens with zero attached hydrogens (tertiary/aromatic N) is 2. The Hall–Kier alpha value is -1.63. The van der Waals surface area contributed by atoms with Crippen molar-refractivity contribution in [1.29, 1.82) is 0 Å². The molecule has 3 amide bonds. The van der Waals surface area contributed by atoms with Crippen LogP contribution in [-0.2, 0) is 19.1 Å². The molecule has 2 aliphatic heterocycles. The first-order valence-electron chi connectivity index (χ1n) is 9.23. The largest absolute Gasteiger partial charge is 0.368 e. The summed E-state index contributed by atoms with van der Waals surface area (Å²) in [6.07, 6.45) is 4.40. The van der Waals surface area contributed by atoms with Crippen LogP contribution < -0.4 is 5.73 Å². The average molecular weight is 353 g/mol. The number of ether oxygens (including phenoxy) is 1. The zero-order valence-corrected chi connectivity index (χ0v) is 15.5. The Labute approximate surface area is 149 Å². The molecular formula is C18H31N3O4. The summed E-state index contributed by atoms with van der Waals surface area (Å²) in [5, 5.41) is 0. The fraction of sp³-hybridized carbons (Fsp3) is 0.833. The molecule has 1 atom stereocenters. The van der Waals surface area contributed by atoms with Crippen LogP contribution in [0.4, 0.5) is 0 Å². The lowest BCUT2D eigenvalue weighted by atomic mass is 9.73. The summed E-state index contributed by atoms with van der Waals surface area (Å²) < 4.78 is 5.06. The maximum Gasteiger partial charge on any atom is 0.248 e. The second kappa shape index (κ2) is 8.65. The van der Waals surface area contributed by atoms with E-state index in [4.69, 9.17) is 10.5 Å². The van der Waals surface area contributed by atoms with Crippen LogP contribution in [0.3, 0.4) is 0 Å². The number of carbonyl (C=O) groups excluding carboxylic acids is 3. The van der Waals surface area contributed by atoms with Crippen LogP contribution in [0.15, 0.2) is 0 Å². The van der Waals surface area contributed by atoms with Crippen molar-refractivity contribution >= 4 is 17.7 Å². The number of rotatable bonds is 7. The molecule has 7 nitrogen and oxygen atoms in total. The predicted octanol–water partition coefficient (Wildman–Crippen LogP) is 0.766. The third-order valence-corrected chi connectivity index (χ3v) is 5.21. The summed E-state index contributed by atoms with van der Waals surface area (Å²) in [6, 6.07) is 0. The van der Waals surface area contributed by atoms with Gasteiger partial charge < -0.3 is 20.3 Å². The Kier molecular flexibility index (Phi) is 6.81. The standard InChI is InChI=1S/C18H31N3O4/c1-14(2)5-9-21-13-18(7-4-16(21)23)6-3-8-20(12-18)17(24)11-25-10-15(19)22/h14H,3-13H2,1-2H3,(H2,19,22)/t18-/m0/s1. The zero-order valence-electron chi connectivity index (χ0n) is 15.5. The van der Waals surface area contributed by atoms with Gasteiger partial charge >= 0.3 is 0 Å². The van der Waals surface area contributed by atoms with Crippen molar-refractivity contribution in [1.82, 2.24) is 9.80 Å². The molecule has 142 valence electrons. The highest BCUT2D eigenvalue weighted by Crippen LogP contribution is 2.39. The van der Waals surface area contributed by atoms with Crippen LogP contribution >= 0.6 is 0 Å². The second-order valence-corrected chi connectivity index (χ2v) is 7.88. The number of likely N-dealkylation sites (tertiary alicyclic amines) is 2. The van der Waals surface area contributed by atoms with Crippen molar-refractivity contribution in [3.05, 3.63) is 0 Å². The van der Waals surface area contributed by atoms with Crippen molar-refractivity contribution in [3.63, 3.8) is 0 Å². The van der Waals surface area contributed by atoms with Crippen molar-refractivity contribution in [3.8, 4) is 0 Å². The number of hydrogen-bond donors (Lipinski definition) is 1. The maximum atomic E-state index is 12.3. The van der Waals surface area contributed by atoms with E-state index in [1.165, 1.54) is 0 Å². The molecule has 25 heavy (non-hydrogen) atoms. The third kappa shape index (κ3) is 5.70. The first-order valence-corrected chi connectivity index (χ1v) is 9.23. The minimum atomic E-state index is -0.575. The van der Waals surface area contributed by atoms with Gasteiger partial charge in [0.2, 0.25) is 17.7 Å². The number of piperidine rings is 2. The van der Waals surface area contributed by atoms with Crippen molar-refractivity contribution in [2.24, 2.45) is 17.1 Å². The lowest BCUT2D eigenvalue weighted by molar-refractivity contribution is -0.145. The van der Waals surface area contributed by atoms with Gasteiger partial charge in [0.1, 0.15) is 13.2 Å². The van der Waals surface area contributed by atoms with Crippen LogP contribution in [0.1, 0.15) is 46.0 Å².